The van der Waals surface area contributed by atoms with E-state index in [0.717, 1.165) is 36.6 Å². The van der Waals surface area contributed by atoms with Crippen molar-refractivity contribution in [3.63, 3.8) is 0 Å². The van der Waals surface area contributed by atoms with Gasteiger partial charge in [-0.05, 0) is 43.2 Å². The first-order valence-electron chi connectivity index (χ1n) is 9.68. The summed E-state index contributed by atoms with van der Waals surface area (Å²) in [6, 6.07) is 14.7. The number of aromatic amines is 1. The van der Waals surface area contributed by atoms with E-state index in [9.17, 15) is 5.11 Å². The second kappa shape index (κ2) is 7.71. The van der Waals surface area contributed by atoms with E-state index in [1.807, 2.05) is 13.8 Å². The van der Waals surface area contributed by atoms with E-state index in [0.29, 0.717) is 13.2 Å². The molecule has 2 unspecified atom stereocenters. The SMILES string of the molecule is CCOc1ccc2ccccc2c1CN1CC(O)C(Cc2cc(C)[nH]n2)C1. The van der Waals surface area contributed by atoms with Crippen molar-refractivity contribution in [2.75, 3.05) is 19.7 Å². The minimum atomic E-state index is -0.326. The minimum Gasteiger partial charge on any atom is -0.494 e. The highest BCUT2D eigenvalue weighted by atomic mass is 16.5. The highest BCUT2D eigenvalue weighted by Crippen LogP contribution is 2.31. The Balaban J connectivity index is 1.54. The molecule has 2 heterocycles. The fourth-order valence-electron chi connectivity index (χ4n) is 4.11. The van der Waals surface area contributed by atoms with E-state index >= 15 is 0 Å². The number of hydrogen-bond donors (Lipinski definition) is 2. The van der Waals surface area contributed by atoms with Crippen LogP contribution in [0.1, 0.15) is 23.9 Å². The molecule has 1 saturated heterocycles. The van der Waals surface area contributed by atoms with Crippen molar-refractivity contribution in [1.29, 1.82) is 0 Å². The van der Waals surface area contributed by atoms with Crippen LogP contribution in [0, 0.1) is 12.8 Å². The lowest BCUT2D eigenvalue weighted by atomic mass is 10.00. The fourth-order valence-corrected chi connectivity index (χ4v) is 4.11. The van der Waals surface area contributed by atoms with Crippen LogP contribution in [0.3, 0.4) is 0 Å². The molecule has 0 amide bonds. The molecule has 2 N–H and O–H groups in total. The van der Waals surface area contributed by atoms with Crippen molar-refractivity contribution in [3.8, 4) is 5.75 Å². The van der Waals surface area contributed by atoms with Gasteiger partial charge in [0.2, 0.25) is 0 Å². The number of aromatic nitrogens is 2. The lowest BCUT2D eigenvalue weighted by Gasteiger charge is -2.20. The Morgan fingerprint density at radius 3 is 2.85 bits per heavy atom. The number of benzene rings is 2. The minimum absolute atomic E-state index is 0.207. The van der Waals surface area contributed by atoms with E-state index < -0.39 is 0 Å². The van der Waals surface area contributed by atoms with Gasteiger partial charge in [0.05, 0.1) is 18.4 Å². The Bertz CT molecular complexity index is 921. The van der Waals surface area contributed by atoms with E-state index in [-0.39, 0.29) is 12.0 Å². The highest BCUT2D eigenvalue weighted by molar-refractivity contribution is 5.87. The fraction of sp³-hybridized carbons (Fsp3) is 0.409. The van der Waals surface area contributed by atoms with E-state index in [4.69, 9.17) is 4.74 Å². The monoisotopic (exact) mass is 365 g/mol. The molecule has 27 heavy (non-hydrogen) atoms. The molecule has 142 valence electrons. The molecule has 2 aromatic carbocycles. The van der Waals surface area contributed by atoms with Crippen LogP contribution >= 0.6 is 0 Å². The van der Waals surface area contributed by atoms with Crippen molar-refractivity contribution in [3.05, 3.63) is 59.4 Å². The zero-order chi connectivity index (χ0) is 18.8. The van der Waals surface area contributed by atoms with Gasteiger partial charge in [-0.15, -0.1) is 0 Å². The third-order valence-electron chi connectivity index (χ3n) is 5.39. The maximum Gasteiger partial charge on any atom is 0.124 e. The van der Waals surface area contributed by atoms with Crippen LogP contribution in [0.5, 0.6) is 5.75 Å². The average molecular weight is 365 g/mol. The first-order chi connectivity index (χ1) is 13.1. The predicted octanol–water partition coefficient (Wildman–Crippen LogP) is 3.31. The van der Waals surface area contributed by atoms with Gasteiger partial charge < -0.3 is 9.84 Å². The van der Waals surface area contributed by atoms with Crippen LogP contribution in [0.4, 0.5) is 0 Å². The van der Waals surface area contributed by atoms with Gasteiger partial charge in [0.15, 0.2) is 0 Å². The summed E-state index contributed by atoms with van der Waals surface area (Å²) in [6.45, 7) is 6.99. The lowest BCUT2D eigenvalue weighted by Crippen LogP contribution is -2.22. The Morgan fingerprint density at radius 1 is 1.22 bits per heavy atom. The number of hydrogen-bond acceptors (Lipinski definition) is 4. The van der Waals surface area contributed by atoms with Gasteiger partial charge >= 0.3 is 0 Å². The average Bonchev–Trinajstić information content (AvgIpc) is 3.22. The summed E-state index contributed by atoms with van der Waals surface area (Å²) in [4.78, 5) is 2.33. The van der Waals surface area contributed by atoms with E-state index in [1.165, 1.54) is 16.3 Å². The molecule has 5 heteroatoms. The number of likely N-dealkylation sites (tertiary alicyclic amines) is 1. The number of aliphatic hydroxyl groups excluding tert-OH is 1. The van der Waals surface area contributed by atoms with Gasteiger partial charge in [0.25, 0.3) is 0 Å². The number of ether oxygens (including phenoxy) is 1. The predicted molar refractivity (Wildman–Crippen MR) is 107 cm³/mol. The second-order valence-corrected chi connectivity index (χ2v) is 7.46. The van der Waals surface area contributed by atoms with Crippen LogP contribution in [0.2, 0.25) is 0 Å². The molecule has 0 radical (unpaired) electrons. The number of nitrogens with one attached hydrogen (secondary N) is 1. The largest absolute Gasteiger partial charge is 0.494 e. The van der Waals surface area contributed by atoms with Gasteiger partial charge in [-0.1, -0.05) is 30.3 Å². The third-order valence-corrected chi connectivity index (χ3v) is 5.39. The number of nitrogens with zero attached hydrogens (tertiary/aromatic N) is 2. The number of H-pyrrole nitrogens is 1. The molecule has 0 bridgehead atoms. The summed E-state index contributed by atoms with van der Waals surface area (Å²) in [5.74, 6) is 1.15. The normalized spacial score (nSPS) is 20.4. The van der Waals surface area contributed by atoms with Gasteiger partial charge in [0, 0.05) is 36.8 Å². The molecule has 5 nitrogen and oxygen atoms in total. The number of fused-ring (bicyclic) bond motifs is 1. The number of β-amino-alcohol motifs (C(OH)–C–C–N with tert-alkyl or cyclic N) is 1. The maximum absolute atomic E-state index is 10.6. The first-order valence-corrected chi connectivity index (χ1v) is 9.68. The summed E-state index contributed by atoms with van der Waals surface area (Å²) in [6.07, 6.45) is 0.475. The topological polar surface area (TPSA) is 61.4 Å². The molecule has 1 aliphatic rings. The van der Waals surface area contributed by atoms with Crippen LogP contribution < -0.4 is 4.74 Å². The number of aryl methyl sites for hydroxylation is 1. The van der Waals surface area contributed by atoms with E-state index in [1.54, 1.807) is 0 Å². The standard InChI is InChI=1S/C22H27N3O2/c1-3-27-22-9-8-16-6-4-5-7-19(16)20(22)13-25-12-17(21(26)14-25)11-18-10-15(2)23-24-18/h4-10,17,21,26H,3,11-14H2,1-2H3,(H,23,24). The summed E-state index contributed by atoms with van der Waals surface area (Å²) >= 11 is 0. The number of aliphatic hydroxyl groups is 1. The second-order valence-electron chi connectivity index (χ2n) is 7.46. The Labute approximate surface area is 160 Å². The van der Waals surface area contributed by atoms with Crippen LogP contribution in [-0.4, -0.2) is 46.0 Å². The zero-order valence-electron chi connectivity index (χ0n) is 16.0. The Hall–Kier alpha value is -2.37. The summed E-state index contributed by atoms with van der Waals surface area (Å²) in [5, 5.41) is 20.3. The molecule has 2 atom stereocenters. The zero-order valence-corrected chi connectivity index (χ0v) is 16.0. The lowest BCUT2D eigenvalue weighted by molar-refractivity contribution is 0.140. The van der Waals surface area contributed by atoms with Crippen molar-refractivity contribution in [2.45, 2.75) is 32.9 Å². The first kappa shape index (κ1) is 18.0. The van der Waals surface area contributed by atoms with Crippen molar-refractivity contribution < 1.29 is 9.84 Å². The summed E-state index contributed by atoms with van der Waals surface area (Å²) < 4.78 is 5.90. The van der Waals surface area contributed by atoms with Crippen molar-refractivity contribution in [2.24, 2.45) is 5.92 Å². The molecule has 1 aliphatic heterocycles. The molecule has 4 rings (SSSR count). The molecule has 0 saturated carbocycles. The molecule has 1 fully saturated rings. The summed E-state index contributed by atoms with van der Waals surface area (Å²) in [7, 11) is 0. The van der Waals surface area contributed by atoms with Crippen LogP contribution in [-0.2, 0) is 13.0 Å². The Morgan fingerprint density at radius 2 is 2.07 bits per heavy atom. The van der Waals surface area contributed by atoms with Gasteiger partial charge in [0.1, 0.15) is 5.75 Å². The van der Waals surface area contributed by atoms with Gasteiger partial charge in [-0.2, -0.15) is 5.10 Å². The Kier molecular flexibility index (Phi) is 5.14. The molecule has 0 spiro atoms. The van der Waals surface area contributed by atoms with Crippen LogP contribution in [0.15, 0.2) is 42.5 Å². The smallest absolute Gasteiger partial charge is 0.124 e. The highest BCUT2D eigenvalue weighted by Gasteiger charge is 2.32. The third kappa shape index (κ3) is 3.84. The van der Waals surface area contributed by atoms with E-state index in [2.05, 4.69) is 57.6 Å². The molecular formula is C22H27N3O2. The summed E-state index contributed by atoms with van der Waals surface area (Å²) in [5.41, 5.74) is 3.29. The van der Waals surface area contributed by atoms with Gasteiger partial charge in [-0.25, -0.2) is 0 Å². The maximum atomic E-state index is 10.6. The van der Waals surface area contributed by atoms with Crippen molar-refractivity contribution >= 4 is 10.8 Å². The molecule has 0 aliphatic carbocycles. The van der Waals surface area contributed by atoms with Crippen molar-refractivity contribution in [1.82, 2.24) is 15.1 Å². The molecule has 3 aromatic rings. The van der Waals surface area contributed by atoms with Crippen LogP contribution in [0.25, 0.3) is 10.8 Å². The number of rotatable bonds is 6. The molecular weight excluding hydrogens is 338 g/mol. The van der Waals surface area contributed by atoms with Gasteiger partial charge in [-0.3, -0.25) is 10.00 Å². The molecule has 1 aromatic heterocycles. The quantitative estimate of drug-likeness (QED) is 0.704.